The third-order valence-electron chi connectivity index (χ3n) is 24.2. The summed E-state index contributed by atoms with van der Waals surface area (Å²) in [5.74, 6) is 0.784. The molecule has 732 valence electrons. The van der Waals surface area contributed by atoms with Gasteiger partial charge < -0.3 is 35.8 Å². The summed E-state index contributed by atoms with van der Waals surface area (Å²) in [7, 11) is -3.13. The number of nitrogens with one attached hydrogen (secondary N) is 3. The second-order valence-electron chi connectivity index (χ2n) is 38.3. The number of Topliss-reactive ketones (excluding diaryl/α,β-unsaturated/α-hetero) is 1. The summed E-state index contributed by atoms with van der Waals surface area (Å²) in [5.41, 5.74) is 24.3. The van der Waals surface area contributed by atoms with Gasteiger partial charge in [-0.05, 0) is 142 Å². The molecule has 33 nitrogen and oxygen atoms in total. The summed E-state index contributed by atoms with van der Waals surface area (Å²) in [5, 5.41) is 19.7. The fourth-order valence-corrected chi connectivity index (χ4v) is 25.5. The number of benzene rings is 2. The summed E-state index contributed by atoms with van der Waals surface area (Å²) < 4.78 is 32.0. The molecule has 2 aromatic carbocycles. The number of fused-ring (bicyclic) bond motifs is 3. The molecule has 0 spiro atoms. The number of primary amides is 2. The zero-order valence-electron chi connectivity index (χ0n) is 80.4. The SMILES string of the molecule is CC(=O)[C@@H]1CCCN1C(=O)Cc1nc(C)c(-c2csc(C(C)(C)C)n2)s1.CS(=O)(=O)N1CCN(Cc2cc3nc(-c4cccc5c4C=NC5)nc(N4CCOCC4)c3s2)CC1.Cc1nc(NC(=O)N2CC[C@H](C)[C@H]2C(N)=O)sc1-c1csc(C(C)(C)C)n1.Cc1nc(NC(=O)N2C[C@@H](C)C[C@H]2C(N)=O)sc1-c1csc(C(C)(C)C)n1.O=C1NC(=O)/C(=C/c2ccc3nccc(-c4ccncc4)c3c2)S1. The molecular weight excluding hydrogens is 1940 g/mol. The van der Waals surface area contributed by atoms with Gasteiger partial charge in [0.1, 0.15) is 17.1 Å². The van der Waals surface area contributed by atoms with E-state index in [2.05, 4.69) is 148 Å². The van der Waals surface area contributed by atoms with Crippen LogP contribution in [0.3, 0.4) is 0 Å². The summed E-state index contributed by atoms with van der Waals surface area (Å²) in [4.78, 5) is 161. The summed E-state index contributed by atoms with van der Waals surface area (Å²) in [6.45, 7) is 39.2. The molecule has 10 aromatic heterocycles. The predicted octanol–water partition coefficient (Wildman–Crippen LogP) is 17.0. The van der Waals surface area contributed by atoms with Crippen LogP contribution in [0.1, 0.15) is 167 Å². The number of aryl methyl sites for hydroxylation is 3. The van der Waals surface area contributed by atoms with Crippen LogP contribution in [0.4, 0.5) is 30.5 Å². The number of urea groups is 2. The minimum Gasteiger partial charge on any atom is -0.378 e. The van der Waals surface area contributed by atoms with Crippen LogP contribution in [0.5, 0.6) is 0 Å². The molecular formula is C97H114N22O11S9. The smallest absolute Gasteiger partial charge is 0.324 e. The zero-order valence-corrected chi connectivity index (χ0v) is 87.8. The predicted molar refractivity (Wildman–Crippen MR) is 557 cm³/mol. The Morgan fingerprint density at radius 3 is 1.80 bits per heavy atom. The summed E-state index contributed by atoms with van der Waals surface area (Å²) in [6, 6.07) is 18.0. The number of hydrogen-bond acceptors (Lipinski definition) is 32. The molecule has 0 radical (unpaired) electrons. The average Bonchev–Trinajstić information content (AvgIpc) is 1.67. The highest BCUT2D eigenvalue weighted by atomic mass is 32.2. The van der Waals surface area contributed by atoms with Gasteiger partial charge in [-0.1, -0.05) is 123 Å². The molecule has 7 aliphatic rings. The Balaban J connectivity index is 0.000000132. The van der Waals surface area contributed by atoms with Crippen molar-refractivity contribution in [3.63, 3.8) is 0 Å². The molecule has 9 amide bonds. The number of amides is 9. The Bertz CT molecular complexity index is 6690. The molecule has 7 N–H and O–H groups in total. The van der Waals surface area contributed by atoms with Gasteiger partial charge in [0.05, 0.1) is 123 Å². The number of ketones is 1. The number of thiophene rings is 1. The van der Waals surface area contributed by atoms with E-state index in [1.54, 1.807) is 86.1 Å². The van der Waals surface area contributed by atoms with Crippen molar-refractivity contribution in [2.75, 3.05) is 93.9 Å². The molecule has 5 atom stereocenters. The highest BCUT2D eigenvalue weighted by molar-refractivity contribution is 8.18. The van der Waals surface area contributed by atoms with Gasteiger partial charge in [-0.25, -0.2) is 57.9 Å². The van der Waals surface area contributed by atoms with Crippen LogP contribution in [-0.4, -0.2) is 232 Å². The quantitative estimate of drug-likeness (QED) is 0.0529. The number of morpholine rings is 1. The number of carbonyl (C=O) groups is 8. The van der Waals surface area contributed by atoms with Crippen LogP contribution in [0, 0.1) is 32.6 Å². The topological polar surface area (TPSA) is 429 Å². The van der Waals surface area contributed by atoms with Gasteiger partial charge in [0, 0.05) is 144 Å². The van der Waals surface area contributed by atoms with Crippen molar-refractivity contribution in [1.29, 1.82) is 0 Å². The van der Waals surface area contributed by atoms with E-state index in [1.165, 1.54) is 60.5 Å². The molecule has 12 aromatic rings. The van der Waals surface area contributed by atoms with E-state index >= 15 is 0 Å². The van der Waals surface area contributed by atoms with Crippen molar-refractivity contribution in [3.8, 4) is 54.2 Å². The molecule has 6 saturated heterocycles. The second kappa shape index (κ2) is 43.2. The summed E-state index contributed by atoms with van der Waals surface area (Å²) >= 11 is 11.9. The van der Waals surface area contributed by atoms with Gasteiger partial charge >= 0.3 is 12.1 Å². The minimum atomic E-state index is -3.13. The third kappa shape index (κ3) is 24.6. The first-order valence-electron chi connectivity index (χ1n) is 45.8. The number of imide groups is 1. The van der Waals surface area contributed by atoms with Crippen molar-refractivity contribution in [3.05, 3.63) is 159 Å². The maximum Gasteiger partial charge on any atom is 0.324 e. The Hall–Kier alpha value is -11.0. The van der Waals surface area contributed by atoms with Crippen molar-refractivity contribution < 1.29 is 51.5 Å². The van der Waals surface area contributed by atoms with Crippen molar-refractivity contribution >= 4 is 197 Å². The molecule has 0 aliphatic carbocycles. The van der Waals surface area contributed by atoms with Gasteiger partial charge in [0.15, 0.2) is 27.7 Å². The monoisotopic (exact) mass is 2050 g/mol. The fraction of sp³-hybridized carbons (Fsp3) is 0.433. The zero-order chi connectivity index (χ0) is 99.4. The molecule has 17 heterocycles. The lowest BCUT2D eigenvalue weighted by Gasteiger charge is -2.32. The standard InChI is InChI=1S/C24H28N6O3S2.C19H25N3O2S2.2C18H25N5O2S2.C18H11N3O2S/c1-35(31,32)30-7-5-28(6-8-30)16-18-13-21-22(34-18)24(29-9-11-33-12-10-29)27-23(26-21)19-4-2-3-17-14-25-15-20(17)19;1-11-17(13-10-25-18(21-13)19(3,4)5)26-15(20-11)9-16(24)22-8-6-7-14(22)12(2)23;1-9-6-12(14(19)24)23(7-9)17(25)22-16-20-10(2)13(27-16)11-8-26-15(21-11)18(3,4)5;1-9-6-7-23(12(9)14(19)24)17(25)22-16-20-10(2)13(27-16)11-8-26-15(21-11)18(3,4)5;22-17-16(24-18(23)21-17)10-11-1-2-15-14(9-11)13(5-8-20-15)12-3-6-19-7-4-12/h2-4,13,15H,5-12,14,16H2,1H3;10,14H,6-9H2,1-5H3;2*8-9,12H,6-7H2,1-5H3,(H2,19,24)(H,20,22,25);1-10H,(H,21,22,23)/b;;;;16-10-/t;14-;2*9-,12-;/m.000./s1. The normalized spacial score (nSPS) is 18.8. The highest BCUT2D eigenvalue weighted by Crippen LogP contribution is 2.43. The number of nitrogens with zero attached hydrogens (tertiary/aromatic N) is 17. The number of anilines is 3. The van der Waals surface area contributed by atoms with E-state index in [9.17, 15) is 46.8 Å². The van der Waals surface area contributed by atoms with Gasteiger partial charge in [0.2, 0.25) is 27.7 Å². The van der Waals surface area contributed by atoms with Crippen molar-refractivity contribution in [1.82, 2.24) is 79.1 Å². The number of carbonyl (C=O) groups excluding carboxylic acids is 8. The number of thioether (sulfide) groups is 1. The number of ether oxygens (including phenoxy) is 1. The highest BCUT2D eigenvalue weighted by Gasteiger charge is 2.41. The van der Waals surface area contributed by atoms with Crippen LogP contribution >= 0.6 is 91.1 Å². The van der Waals surface area contributed by atoms with E-state index in [0.29, 0.717) is 74.1 Å². The first-order valence-corrected chi connectivity index (χ1v) is 54.3. The number of nitrogens with two attached hydrogens (primary N) is 2. The van der Waals surface area contributed by atoms with Crippen molar-refractivity contribution in [2.45, 2.75) is 183 Å². The van der Waals surface area contributed by atoms with Crippen LogP contribution in [0.25, 0.3) is 81.4 Å². The molecule has 6 fully saturated rings. The van der Waals surface area contributed by atoms with E-state index in [1.807, 2.05) is 88.0 Å². The number of pyridine rings is 2. The number of hydrogen-bond donors (Lipinski definition) is 5. The van der Waals surface area contributed by atoms with Gasteiger partial charge in [0.25, 0.3) is 11.1 Å². The van der Waals surface area contributed by atoms with E-state index in [0.717, 1.165) is 193 Å². The maximum absolute atomic E-state index is 12.6. The fourth-order valence-electron chi connectivity index (χ4n) is 17.0. The lowest BCUT2D eigenvalue weighted by atomic mass is 9.98. The molecule has 139 heavy (non-hydrogen) atoms. The molecule has 0 saturated carbocycles. The van der Waals surface area contributed by atoms with Crippen molar-refractivity contribution in [2.24, 2.45) is 28.3 Å². The molecule has 19 rings (SSSR count). The Kier molecular flexibility index (Phi) is 31.8. The van der Waals surface area contributed by atoms with E-state index in [-0.39, 0.29) is 75.4 Å². The van der Waals surface area contributed by atoms with E-state index in [4.69, 9.17) is 41.1 Å². The van der Waals surface area contributed by atoms with E-state index < -0.39 is 33.9 Å². The largest absolute Gasteiger partial charge is 0.378 e. The van der Waals surface area contributed by atoms with Crippen LogP contribution < -0.4 is 32.3 Å². The van der Waals surface area contributed by atoms with Crippen LogP contribution in [-0.2, 0) is 74.5 Å². The minimum absolute atomic E-state index is 0.00309. The van der Waals surface area contributed by atoms with Gasteiger partial charge in [-0.2, -0.15) is 4.31 Å². The number of piperazine rings is 1. The molecule has 7 aliphatic heterocycles. The number of rotatable bonds is 17. The molecule has 42 heteroatoms. The average molecular weight is 2050 g/mol. The lowest BCUT2D eigenvalue weighted by molar-refractivity contribution is -0.136. The number of aliphatic imine (C=N–C) groups is 1. The number of aromatic nitrogens is 10. The maximum atomic E-state index is 12.6. The first-order chi connectivity index (χ1) is 66.0. The Labute approximate surface area is 840 Å². The van der Waals surface area contributed by atoms with Crippen LogP contribution in [0.15, 0.2) is 105 Å². The lowest BCUT2D eigenvalue weighted by Crippen LogP contribution is -2.47. The number of likely N-dealkylation sites (tertiary alicyclic amines) is 3. The Morgan fingerprint density at radius 1 is 0.626 bits per heavy atom. The second-order valence-corrected chi connectivity index (χ2v) is 48.1. The van der Waals surface area contributed by atoms with Crippen LogP contribution in [0.2, 0.25) is 0 Å². The number of thiazole rings is 6. The van der Waals surface area contributed by atoms with Gasteiger partial charge in [-0.15, -0.1) is 56.7 Å². The number of sulfonamides is 1. The Morgan fingerprint density at radius 2 is 1.23 bits per heavy atom. The first kappa shape index (κ1) is 102. The molecule has 0 bridgehead atoms. The third-order valence-corrected chi connectivity index (χ3v) is 34.6. The molecule has 0 unspecified atom stereocenters. The summed E-state index contributed by atoms with van der Waals surface area (Å²) in [6.07, 6.45) is 13.5. The van der Waals surface area contributed by atoms with Gasteiger partial charge in [-0.3, -0.25) is 64.6 Å².